The first-order valence-corrected chi connectivity index (χ1v) is 9.62. The van der Waals surface area contributed by atoms with Crippen LogP contribution in [0.3, 0.4) is 0 Å². The Morgan fingerprint density at radius 2 is 2.04 bits per heavy atom. The van der Waals surface area contributed by atoms with Crippen molar-refractivity contribution in [3.63, 3.8) is 0 Å². The average molecular weight is 350 g/mol. The fourth-order valence-electron chi connectivity index (χ4n) is 6.19. The fraction of sp³-hybridized carbons (Fsp3) is 0.850. The van der Waals surface area contributed by atoms with Gasteiger partial charge in [0, 0.05) is 23.7 Å². The summed E-state index contributed by atoms with van der Waals surface area (Å²) < 4.78 is 12.0. The SMILES string of the molecule is CC(=O)O[C@H]1CCC2C3C(OC[C@@]21C)[C@@]1(C)CC[C@H](O)CC1=C[C@@H]3O. The number of rotatable bonds is 1. The van der Waals surface area contributed by atoms with Gasteiger partial charge < -0.3 is 19.7 Å². The van der Waals surface area contributed by atoms with Gasteiger partial charge in [-0.2, -0.15) is 0 Å². The Bertz CT molecular complexity index is 601. The number of hydrogen-bond acceptors (Lipinski definition) is 5. The predicted octanol–water partition coefficient (Wildman–Crippen LogP) is 2.20. The number of ether oxygens (including phenoxy) is 2. The van der Waals surface area contributed by atoms with Crippen molar-refractivity contribution in [2.45, 2.75) is 77.3 Å². The highest BCUT2D eigenvalue weighted by Crippen LogP contribution is 2.60. The van der Waals surface area contributed by atoms with Crippen LogP contribution in [0.4, 0.5) is 0 Å². The van der Waals surface area contributed by atoms with E-state index < -0.39 is 6.10 Å². The highest BCUT2D eigenvalue weighted by Gasteiger charge is 2.62. The molecule has 25 heavy (non-hydrogen) atoms. The maximum absolute atomic E-state index is 11.5. The monoisotopic (exact) mass is 350 g/mol. The van der Waals surface area contributed by atoms with Crippen LogP contribution >= 0.6 is 0 Å². The quantitative estimate of drug-likeness (QED) is 0.560. The van der Waals surface area contributed by atoms with Crippen molar-refractivity contribution in [3.8, 4) is 0 Å². The molecule has 4 aliphatic rings. The van der Waals surface area contributed by atoms with Crippen molar-refractivity contribution in [3.05, 3.63) is 11.6 Å². The van der Waals surface area contributed by atoms with E-state index in [0.717, 1.165) is 31.3 Å². The number of hydrogen-bond donors (Lipinski definition) is 2. The Morgan fingerprint density at radius 3 is 2.76 bits per heavy atom. The summed E-state index contributed by atoms with van der Waals surface area (Å²) in [5.41, 5.74) is 0.811. The number of esters is 1. The molecule has 3 fully saturated rings. The molecule has 1 saturated heterocycles. The number of aliphatic hydroxyl groups is 2. The topological polar surface area (TPSA) is 76.0 Å². The number of fused-ring (bicyclic) bond motifs is 5. The van der Waals surface area contributed by atoms with E-state index in [2.05, 4.69) is 13.8 Å². The molecule has 0 spiro atoms. The normalized spacial score (nSPS) is 51.8. The molecule has 0 radical (unpaired) electrons. The lowest BCUT2D eigenvalue weighted by atomic mass is 9.54. The van der Waals surface area contributed by atoms with Crippen molar-refractivity contribution in [1.82, 2.24) is 0 Å². The summed E-state index contributed by atoms with van der Waals surface area (Å²) in [7, 11) is 0. The molecule has 3 aliphatic carbocycles. The first-order valence-electron chi connectivity index (χ1n) is 9.62. The van der Waals surface area contributed by atoms with E-state index in [1.165, 1.54) is 6.92 Å². The van der Waals surface area contributed by atoms with Crippen LogP contribution in [0.15, 0.2) is 11.6 Å². The molecular weight excluding hydrogens is 320 g/mol. The zero-order chi connectivity index (χ0) is 18.0. The zero-order valence-electron chi connectivity index (χ0n) is 15.4. The molecule has 4 rings (SSSR count). The molecule has 2 N–H and O–H groups in total. The molecule has 0 aromatic heterocycles. The van der Waals surface area contributed by atoms with E-state index in [-0.39, 0.29) is 46.9 Å². The van der Waals surface area contributed by atoms with Gasteiger partial charge in [-0.1, -0.05) is 25.5 Å². The standard InChI is InChI=1S/C20H30O5/c1-11(21)25-16-5-4-14-17-15(23)9-12-8-13(22)6-7-19(12,2)18(17)24-10-20(14,16)3/h9,13-18,22-23H,4-8,10H2,1-3H3/t13-,14?,15-,16-,17?,18?,19-,20-/m0/s1. The van der Waals surface area contributed by atoms with Crippen LogP contribution < -0.4 is 0 Å². The van der Waals surface area contributed by atoms with E-state index in [4.69, 9.17) is 9.47 Å². The van der Waals surface area contributed by atoms with Gasteiger partial charge in [-0.15, -0.1) is 0 Å². The third kappa shape index (κ3) is 2.50. The minimum absolute atomic E-state index is 0.0239. The summed E-state index contributed by atoms with van der Waals surface area (Å²) in [5, 5.41) is 21.0. The second kappa shape index (κ2) is 5.80. The van der Waals surface area contributed by atoms with E-state index in [1.807, 2.05) is 6.08 Å². The zero-order valence-corrected chi connectivity index (χ0v) is 15.4. The molecule has 0 bridgehead atoms. The van der Waals surface area contributed by atoms with Crippen molar-refractivity contribution in [2.75, 3.05) is 6.61 Å². The van der Waals surface area contributed by atoms with Gasteiger partial charge in [0.1, 0.15) is 6.10 Å². The van der Waals surface area contributed by atoms with Crippen LogP contribution in [0.1, 0.15) is 52.9 Å². The van der Waals surface area contributed by atoms with Crippen LogP contribution in [0.5, 0.6) is 0 Å². The maximum Gasteiger partial charge on any atom is 0.302 e. The first kappa shape index (κ1) is 17.5. The van der Waals surface area contributed by atoms with Gasteiger partial charge in [0.25, 0.3) is 0 Å². The van der Waals surface area contributed by atoms with Gasteiger partial charge in [0.15, 0.2) is 0 Å². The van der Waals surface area contributed by atoms with Crippen molar-refractivity contribution in [2.24, 2.45) is 22.7 Å². The first-order chi connectivity index (χ1) is 11.8. The highest BCUT2D eigenvalue weighted by molar-refractivity contribution is 5.66. The Kier molecular flexibility index (Phi) is 4.06. The van der Waals surface area contributed by atoms with Crippen LogP contribution in [-0.2, 0) is 14.3 Å². The predicted molar refractivity (Wildman–Crippen MR) is 91.7 cm³/mol. The second-order valence-electron chi connectivity index (χ2n) is 9.09. The van der Waals surface area contributed by atoms with E-state index in [9.17, 15) is 15.0 Å². The van der Waals surface area contributed by atoms with Gasteiger partial charge in [0.2, 0.25) is 0 Å². The lowest BCUT2D eigenvalue weighted by Gasteiger charge is -2.58. The fourth-order valence-corrected chi connectivity index (χ4v) is 6.19. The third-order valence-electron chi connectivity index (χ3n) is 7.60. The van der Waals surface area contributed by atoms with Crippen LogP contribution in [0.2, 0.25) is 0 Å². The van der Waals surface area contributed by atoms with E-state index in [0.29, 0.717) is 13.0 Å². The van der Waals surface area contributed by atoms with E-state index in [1.54, 1.807) is 0 Å². The lowest BCUT2D eigenvalue weighted by molar-refractivity contribution is -0.212. The molecule has 2 saturated carbocycles. The Hall–Kier alpha value is -0.910. The average Bonchev–Trinajstić information content (AvgIpc) is 2.85. The van der Waals surface area contributed by atoms with Gasteiger partial charge in [-0.25, -0.2) is 0 Å². The molecule has 8 atom stereocenters. The Balaban J connectivity index is 1.67. The van der Waals surface area contributed by atoms with Crippen molar-refractivity contribution in [1.29, 1.82) is 0 Å². The van der Waals surface area contributed by atoms with Crippen molar-refractivity contribution >= 4 is 5.97 Å². The molecule has 3 unspecified atom stereocenters. The molecule has 5 heteroatoms. The van der Waals surface area contributed by atoms with Gasteiger partial charge in [-0.3, -0.25) is 4.79 Å². The molecule has 1 heterocycles. The highest BCUT2D eigenvalue weighted by atomic mass is 16.5. The van der Waals surface area contributed by atoms with Crippen LogP contribution in [-0.4, -0.2) is 47.2 Å². The summed E-state index contributed by atoms with van der Waals surface area (Å²) in [6.45, 7) is 6.40. The molecule has 140 valence electrons. The van der Waals surface area contributed by atoms with Crippen LogP contribution in [0, 0.1) is 22.7 Å². The lowest BCUT2D eigenvalue weighted by Crippen LogP contribution is -2.61. The molecule has 1 aliphatic heterocycles. The minimum atomic E-state index is -0.556. The second-order valence-corrected chi connectivity index (χ2v) is 9.09. The van der Waals surface area contributed by atoms with E-state index >= 15 is 0 Å². The summed E-state index contributed by atoms with van der Waals surface area (Å²) >= 11 is 0. The summed E-state index contributed by atoms with van der Waals surface area (Å²) in [5.74, 6) is 0.0731. The van der Waals surface area contributed by atoms with Crippen molar-refractivity contribution < 1.29 is 24.5 Å². The Morgan fingerprint density at radius 1 is 1.28 bits per heavy atom. The van der Waals surface area contributed by atoms with Gasteiger partial charge in [0.05, 0.1) is 24.9 Å². The summed E-state index contributed by atoms with van der Waals surface area (Å²) in [6, 6.07) is 0. The smallest absolute Gasteiger partial charge is 0.302 e. The number of carbonyl (C=O) groups excluding carboxylic acids is 1. The number of carbonyl (C=O) groups is 1. The minimum Gasteiger partial charge on any atom is -0.462 e. The van der Waals surface area contributed by atoms with Crippen LogP contribution in [0.25, 0.3) is 0 Å². The summed E-state index contributed by atoms with van der Waals surface area (Å²) in [4.78, 5) is 11.5. The molecule has 5 nitrogen and oxygen atoms in total. The molecule has 0 aromatic carbocycles. The molecule has 0 amide bonds. The summed E-state index contributed by atoms with van der Waals surface area (Å²) in [6.07, 6.45) is 5.08. The maximum atomic E-state index is 11.5. The molecular formula is C20H30O5. The number of aliphatic hydroxyl groups excluding tert-OH is 2. The van der Waals surface area contributed by atoms with Gasteiger partial charge >= 0.3 is 5.97 Å². The molecule has 0 aromatic rings. The largest absolute Gasteiger partial charge is 0.462 e. The van der Waals surface area contributed by atoms with Gasteiger partial charge in [-0.05, 0) is 38.0 Å². The Labute approximate surface area is 149 Å². The third-order valence-corrected chi connectivity index (χ3v) is 7.60.